The van der Waals surface area contributed by atoms with E-state index in [1.165, 1.54) is 30.3 Å². The second-order valence-electron chi connectivity index (χ2n) is 6.39. The predicted molar refractivity (Wildman–Crippen MR) is 105 cm³/mol. The summed E-state index contributed by atoms with van der Waals surface area (Å²) >= 11 is 0. The second kappa shape index (κ2) is 7.83. The van der Waals surface area contributed by atoms with Crippen LogP contribution in [0.2, 0.25) is 0 Å². The summed E-state index contributed by atoms with van der Waals surface area (Å²) in [6.45, 7) is 3.60. The largest absolute Gasteiger partial charge is 0.324 e. The van der Waals surface area contributed by atoms with Crippen LogP contribution in [0.1, 0.15) is 11.1 Å². The molecule has 0 aliphatic heterocycles. The van der Waals surface area contributed by atoms with Gasteiger partial charge in [0.05, 0.1) is 10.6 Å². The molecule has 0 spiro atoms. The van der Waals surface area contributed by atoms with Crippen molar-refractivity contribution < 1.29 is 9.72 Å². The van der Waals surface area contributed by atoms with Crippen molar-refractivity contribution >= 4 is 17.3 Å². The summed E-state index contributed by atoms with van der Waals surface area (Å²) in [5, 5.41) is 17.7. The average Bonchev–Trinajstić information content (AvgIpc) is 2.65. The first-order chi connectivity index (χ1) is 13.3. The van der Waals surface area contributed by atoms with Crippen LogP contribution in [-0.2, 0) is 11.3 Å². The van der Waals surface area contributed by atoms with Crippen LogP contribution in [0.25, 0.3) is 11.3 Å². The molecule has 1 N–H and O–H groups in total. The second-order valence-corrected chi connectivity index (χ2v) is 6.39. The molecule has 0 radical (unpaired) electrons. The number of nitrogens with one attached hydrogen (secondary N) is 1. The van der Waals surface area contributed by atoms with Crippen LogP contribution in [0.4, 0.5) is 11.4 Å². The number of amides is 1. The van der Waals surface area contributed by atoms with Gasteiger partial charge in [-0.3, -0.25) is 19.7 Å². The number of hydrogen-bond donors (Lipinski definition) is 1. The number of anilines is 1. The van der Waals surface area contributed by atoms with E-state index in [9.17, 15) is 19.7 Å². The highest BCUT2D eigenvalue weighted by atomic mass is 16.6. The standard InChI is InChI=1S/C20H18N4O4/c1-13-6-7-14(2)17(10-13)18-8-9-20(26)23(22-18)12-19(25)21-15-4-3-5-16(11-15)24(27)28/h3-11H,12H2,1-2H3,(H,21,25). The smallest absolute Gasteiger partial charge is 0.271 e. The molecule has 0 unspecified atom stereocenters. The van der Waals surface area contributed by atoms with Gasteiger partial charge in [-0.05, 0) is 37.6 Å². The van der Waals surface area contributed by atoms with E-state index in [4.69, 9.17) is 0 Å². The first-order valence-corrected chi connectivity index (χ1v) is 8.53. The summed E-state index contributed by atoms with van der Waals surface area (Å²) in [4.78, 5) is 34.7. The topological polar surface area (TPSA) is 107 Å². The number of non-ortho nitro benzene ring substituents is 1. The van der Waals surface area contributed by atoms with Gasteiger partial charge in [0.15, 0.2) is 0 Å². The summed E-state index contributed by atoms with van der Waals surface area (Å²) in [6, 6.07) is 14.5. The molecule has 1 aromatic heterocycles. The number of benzene rings is 2. The van der Waals surface area contributed by atoms with Crippen molar-refractivity contribution in [1.29, 1.82) is 0 Å². The minimum Gasteiger partial charge on any atom is -0.324 e. The molecule has 8 nitrogen and oxygen atoms in total. The van der Waals surface area contributed by atoms with Crippen molar-refractivity contribution in [1.82, 2.24) is 9.78 Å². The van der Waals surface area contributed by atoms with Crippen molar-refractivity contribution in [2.75, 3.05) is 5.32 Å². The van der Waals surface area contributed by atoms with Crippen molar-refractivity contribution in [3.63, 3.8) is 0 Å². The minimum absolute atomic E-state index is 0.134. The van der Waals surface area contributed by atoms with Gasteiger partial charge in [0.25, 0.3) is 11.2 Å². The van der Waals surface area contributed by atoms with Crippen LogP contribution in [0.5, 0.6) is 0 Å². The zero-order valence-corrected chi connectivity index (χ0v) is 15.4. The molecule has 1 heterocycles. The lowest BCUT2D eigenvalue weighted by atomic mass is 10.0. The third-order valence-electron chi connectivity index (χ3n) is 4.17. The average molecular weight is 378 g/mol. The highest BCUT2D eigenvalue weighted by Gasteiger charge is 2.12. The third kappa shape index (κ3) is 4.29. The fraction of sp³-hybridized carbons (Fsp3) is 0.150. The Balaban J connectivity index is 1.83. The maximum atomic E-state index is 12.3. The molecule has 142 valence electrons. The number of nitrogens with zero attached hydrogens (tertiary/aromatic N) is 3. The van der Waals surface area contributed by atoms with Gasteiger partial charge in [0.1, 0.15) is 6.54 Å². The predicted octanol–water partition coefficient (Wildman–Crippen LogP) is 3.07. The van der Waals surface area contributed by atoms with Gasteiger partial charge in [-0.15, -0.1) is 0 Å². The molecule has 0 fully saturated rings. The minimum atomic E-state index is -0.546. The van der Waals surface area contributed by atoms with Crippen LogP contribution in [0.15, 0.2) is 59.4 Å². The quantitative estimate of drug-likeness (QED) is 0.542. The summed E-state index contributed by atoms with van der Waals surface area (Å²) in [7, 11) is 0. The van der Waals surface area contributed by atoms with E-state index < -0.39 is 16.4 Å². The van der Waals surface area contributed by atoms with Crippen LogP contribution in [0.3, 0.4) is 0 Å². The molecular formula is C20H18N4O4. The number of hydrogen-bond acceptors (Lipinski definition) is 5. The molecule has 0 atom stereocenters. The molecular weight excluding hydrogens is 360 g/mol. The van der Waals surface area contributed by atoms with Gasteiger partial charge in [0.2, 0.25) is 5.91 Å². The maximum Gasteiger partial charge on any atom is 0.271 e. The normalized spacial score (nSPS) is 10.5. The van der Waals surface area contributed by atoms with Crippen molar-refractivity contribution in [2.24, 2.45) is 0 Å². The van der Waals surface area contributed by atoms with Gasteiger partial charge in [-0.2, -0.15) is 5.10 Å². The highest BCUT2D eigenvalue weighted by molar-refractivity contribution is 5.90. The monoisotopic (exact) mass is 378 g/mol. The van der Waals surface area contributed by atoms with Gasteiger partial charge >= 0.3 is 0 Å². The molecule has 0 aliphatic carbocycles. The zero-order valence-electron chi connectivity index (χ0n) is 15.4. The summed E-state index contributed by atoms with van der Waals surface area (Å²) in [5.74, 6) is -0.506. The van der Waals surface area contributed by atoms with E-state index in [1.807, 2.05) is 32.0 Å². The van der Waals surface area contributed by atoms with Crippen LogP contribution in [-0.4, -0.2) is 20.6 Å². The number of nitro groups is 1. The highest BCUT2D eigenvalue weighted by Crippen LogP contribution is 2.22. The number of rotatable bonds is 5. The molecule has 2 aromatic carbocycles. The zero-order chi connectivity index (χ0) is 20.3. The van der Waals surface area contributed by atoms with Crippen molar-refractivity contribution in [3.8, 4) is 11.3 Å². The number of carbonyl (C=O) groups excluding carboxylic acids is 1. The Hall–Kier alpha value is -3.81. The van der Waals surface area contributed by atoms with Gasteiger partial charge in [-0.25, -0.2) is 4.68 Å². The number of carbonyl (C=O) groups is 1. The number of aryl methyl sites for hydroxylation is 2. The lowest BCUT2D eigenvalue weighted by Crippen LogP contribution is -2.29. The Bertz CT molecular complexity index is 1120. The Morgan fingerprint density at radius 3 is 2.68 bits per heavy atom. The Morgan fingerprint density at radius 1 is 1.14 bits per heavy atom. The first-order valence-electron chi connectivity index (χ1n) is 8.53. The molecule has 0 aliphatic rings. The lowest BCUT2D eigenvalue weighted by molar-refractivity contribution is -0.384. The Kier molecular flexibility index (Phi) is 5.30. The van der Waals surface area contributed by atoms with E-state index in [-0.39, 0.29) is 17.9 Å². The molecule has 3 rings (SSSR count). The summed E-state index contributed by atoms with van der Waals surface area (Å²) in [6.07, 6.45) is 0. The number of aromatic nitrogens is 2. The fourth-order valence-electron chi connectivity index (χ4n) is 2.75. The van der Waals surface area contributed by atoms with Crippen LogP contribution in [0, 0.1) is 24.0 Å². The van der Waals surface area contributed by atoms with Crippen molar-refractivity contribution in [2.45, 2.75) is 20.4 Å². The van der Waals surface area contributed by atoms with E-state index in [1.54, 1.807) is 6.07 Å². The van der Waals surface area contributed by atoms with Gasteiger partial charge < -0.3 is 5.32 Å². The SMILES string of the molecule is Cc1ccc(C)c(-c2ccc(=O)n(CC(=O)Nc3cccc([N+](=O)[O-])c3)n2)c1. The Labute approximate surface area is 160 Å². The lowest BCUT2D eigenvalue weighted by Gasteiger charge is -2.10. The first kappa shape index (κ1) is 19.0. The molecule has 0 bridgehead atoms. The maximum absolute atomic E-state index is 12.3. The molecule has 1 amide bonds. The van der Waals surface area contributed by atoms with E-state index in [0.29, 0.717) is 5.69 Å². The molecule has 3 aromatic rings. The van der Waals surface area contributed by atoms with E-state index >= 15 is 0 Å². The third-order valence-corrected chi connectivity index (χ3v) is 4.17. The Morgan fingerprint density at radius 2 is 1.93 bits per heavy atom. The van der Waals surface area contributed by atoms with E-state index in [2.05, 4.69) is 10.4 Å². The van der Waals surface area contributed by atoms with Crippen molar-refractivity contribution in [3.05, 3.63) is 86.2 Å². The fourth-order valence-corrected chi connectivity index (χ4v) is 2.75. The molecule has 28 heavy (non-hydrogen) atoms. The van der Waals surface area contributed by atoms with Gasteiger partial charge in [-0.1, -0.05) is 23.8 Å². The molecule has 0 saturated heterocycles. The molecule has 0 saturated carbocycles. The van der Waals surface area contributed by atoms with Gasteiger partial charge in [0, 0.05) is 29.4 Å². The summed E-state index contributed by atoms with van der Waals surface area (Å²) < 4.78 is 1.07. The number of nitro benzene ring substituents is 1. The van der Waals surface area contributed by atoms with Crippen LogP contribution >= 0.6 is 0 Å². The van der Waals surface area contributed by atoms with E-state index in [0.717, 1.165) is 21.4 Å². The summed E-state index contributed by atoms with van der Waals surface area (Å²) in [5.41, 5.74) is 3.26. The molecule has 8 heteroatoms. The van der Waals surface area contributed by atoms with Crippen LogP contribution < -0.4 is 10.9 Å².